The van der Waals surface area contributed by atoms with Crippen molar-refractivity contribution in [3.8, 4) is 28.8 Å². The van der Waals surface area contributed by atoms with Gasteiger partial charge in [-0.3, -0.25) is 9.58 Å². The van der Waals surface area contributed by atoms with Crippen molar-refractivity contribution in [2.75, 3.05) is 32.2 Å². The Kier molecular flexibility index (Phi) is 10.5. The first kappa shape index (κ1) is 33.9. The first-order chi connectivity index (χ1) is 24.5. The molecule has 50 heavy (non-hydrogen) atoms. The Morgan fingerprint density at radius 3 is 2.40 bits per heavy atom. The molecule has 1 unspecified atom stereocenters. The van der Waals surface area contributed by atoms with Crippen LogP contribution in [0.4, 0.5) is 11.6 Å². The topological polar surface area (TPSA) is 150 Å². The molecular formula is C36H46N10O4. The number of anilines is 2. The van der Waals surface area contributed by atoms with Crippen molar-refractivity contribution in [3.63, 3.8) is 0 Å². The van der Waals surface area contributed by atoms with Crippen molar-refractivity contribution in [1.29, 1.82) is 5.26 Å². The third kappa shape index (κ3) is 7.75. The maximum Gasteiger partial charge on any atom is 0.257 e. The highest BCUT2D eigenvalue weighted by atomic mass is 16.5. The fourth-order valence-corrected chi connectivity index (χ4v) is 7.54. The van der Waals surface area contributed by atoms with Crippen LogP contribution >= 0.6 is 0 Å². The molecule has 1 aromatic carbocycles. The molecule has 14 heteroatoms. The fraction of sp³-hybridized carbons (Fsp3) is 0.556. The molecule has 5 heterocycles. The number of nitrogens with zero attached hydrogens (tertiary/aromatic N) is 9. The molecule has 3 aromatic heterocycles. The monoisotopic (exact) mass is 682 g/mol. The van der Waals surface area contributed by atoms with Crippen LogP contribution in [0.2, 0.25) is 0 Å². The van der Waals surface area contributed by atoms with Gasteiger partial charge in [0, 0.05) is 56.2 Å². The van der Waals surface area contributed by atoms with Gasteiger partial charge in [0.05, 0.1) is 43.7 Å². The Hall–Kier alpha value is -4.58. The molecule has 1 saturated carbocycles. The molecule has 1 N–H and O–H groups in total. The minimum atomic E-state index is -0.230. The van der Waals surface area contributed by atoms with Crippen LogP contribution in [0.25, 0.3) is 11.1 Å². The molecule has 7 rings (SSSR count). The number of aromatic nitrogens is 7. The molecule has 14 nitrogen and oxygen atoms in total. The summed E-state index contributed by atoms with van der Waals surface area (Å²) in [6, 6.07) is 9.78. The molecule has 0 amide bonds. The fourth-order valence-electron chi connectivity index (χ4n) is 7.54. The average Bonchev–Trinajstić information content (AvgIpc) is 3.85. The van der Waals surface area contributed by atoms with E-state index in [1.807, 2.05) is 32.2 Å². The van der Waals surface area contributed by atoms with Crippen LogP contribution in [0, 0.1) is 11.3 Å². The van der Waals surface area contributed by atoms with Gasteiger partial charge in [-0.15, -0.1) is 5.10 Å². The van der Waals surface area contributed by atoms with Gasteiger partial charge in [-0.25, -0.2) is 19.6 Å². The first-order valence-corrected chi connectivity index (χ1v) is 17.7. The SMILES string of the molecule is COCCC(C)Oc1nn([C@H]2CC[C@H](N3[C@@H]4CC[C@H]3COC4)CC2)cc1Nc1ncc(-c2ccc(C#N)c(O[C@@H](C)Cn3cncn3)c2)cn1. The van der Waals surface area contributed by atoms with Crippen molar-refractivity contribution in [3.05, 3.63) is 55.0 Å². The minimum absolute atomic E-state index is 0.0820. The molecule has 0 spiro atoms. The Labute approximate surface area is 292 Å². The second-order valence-corrected chi connectivity index (χ2v) is 13.7. The standard InChI is InChI=1S/C36H46N10O4/c1-24(12-13-47-3)50-35-33(19-45(43-35)29-6-8-30(9-7-29)46-31-10-11-32(46)21-48-20-31)42-36-39-16-28(17-40-36)26-4-5-27(15-37)34(14-26)49-25(2)18-44-23-38-22-41-44/h4-5,14,16-17,19,22-25,29-32H,6-13,18,20-21H2,1-3H3,(H,39,40,42)/t24?,25-,29-,30-,31-,32+/m0/s1. The van der Waals surface area contributed by atoms with E-state index in [0.29, 0.717) is 60.5 Å². The Balaban J connectivity index is 1.04. The van der Waals surface area contributed by atoms with Gasteiger partial charge in [0.2, 0.25) is 5.95 Å². The summed E-state index contributed by atoms with van der Waals surface area (Å²) in [6.45, 7) is 6.82. The third-order valence-electron chi connectivity index (χ3n) is 10.1. The van der Waals surface area contributed by atoms with E-state index in [0.717, 1.165) is 62.1 Å². The first-order valence-electron chi connectivity index (χ1n) is 17.7. The average molecular weight is 683 g/mol. The van der Waals surface area contributed by atoms with E-state index in [1.54, 1.807) is 36.6 Å². The molecule has 264 valence electrons. The summed E-state index contributed by atoms with van der Waals surface area (Å²) in [4.78, 5) is 16.0. The molecule has 0 radical (unpaired) electrons. The Bertz CT molecular complexity index is 1720. The van der Waals surface area contributed by atoms with E-state index >= 15 is 0 Å². The van der Waals surface area contributed by atoms with Crippen molar-refractivity contribution >= 4 is 11.6 Å². The molecule has 2 aliphatic heterocycles. The zero-order valence-corrected chi connectivity index (χ0v) is 29.0. The molecule has 4 atom stereocenters. The number of fused-ring (bicyclic) bond motifs is 2. The summed E-state index contributed by atoms with van der Waals surface area (Å²) in [5, 5.41) is 22.2. The number of methoxy groups -OCH3 is 1. The van der Waals surface area contributed by atoms with Crippen molar-refractivity contribution in [1.82, 2.24) is 39.4 Å². The second-order valence-electron chi connectivity index (χ2n) is 13.7. The molecule has 1 aliphatic carbocycles. The Morgan fingerprint density at radius 1 is 0.960 bits per heavy atom. The van der Waals surface area contributed by atoms with Crippen LogP contribution in [-0.4, -0.2) is 96.7 Å². The van der Waals surface area contributed by atoms with E-state index in [1.165, 1.54) is 19.2 Å². The summed E-state index contributed by atoms with van der Waals surface area (Å²) in [7, 11) is 1.70. The minimum Gasteiger partial charge on any atom is -0.487 e. The van der Waals surface area contributed by atoms with Crippen LogP contribution in [-0.2, 0) is 16.0 Å². The number of nitriles is 1. The van der Waals surface area contributed by atoms with E-state index < -0.39 is 0 Å². The van der Waals surface area contributed by atoms with Crippen LogP contribution in [0.1, 0.15) is 70.4 Å². The van der Waals surface area contributed by atoms with Gasteiger partial charge in [-0.05, 0) is 70.1 Å². The lowest BCUT2D eigenvalue weighted by atomic mass is 9.89. The van der Waals surface area contributed by atoms with Gasteiger partial charge in [0.15, 0.2) is 0 Å². The number of morpholine rings is 1. The van der Waals surface area contributed by atoms with Crippen LogP contribution < -0.4 is 14.8 Å². The van der Waals surface area contributed by atoms with Crippen LogP contribution in [0.5, 0.6) is 11.6 Å². The number of rotatable bonds is 14. The van der Waals surface area contributed by atoms with E-state index in [2.05, 4.69) is 41.0 Å². The number of ether oxygens (including phenoxy) is 4. The lowest BCUT2D eigenvalue weighted by Crippen LogP contribution is -2.52. The second kappa shape index (κ2) is 15.5. The molecule has 3 fully saturated rings. The van der Waals surface area contributed by atoms with Gasteiger partial charge in [-0.1, -0.05) is 6.07 Å². The summed E-state index contributed by atoms with van der Waals surface area (Å²) >= 11 is 0. The Morgan fingerprint density at radius 2 is 1.70 bits per heavy atom. The maximum absolute atomic E-state index is 9.70. The molecule has 2 bridgehead atoms. The lowest BCUT2D eigenvalue weighted by molar-refractivity contribution is -0.0458. The predicted octanol–water partition coefficient (Wildman–Crippen LogP) is 5.17. The largest absolute Gasteiger partial charge is 0.487 e. The van der Waals surface area contributed by atoms with Crippen molar-refractivity contribution in [2.45, 2.75) is 102 Å². The summed E-state index contributed by atoms with van der Waals surface area (Å²) in [5.74, 6) is 1.45. The highest BCUT2D eigenvalue weighted by molar-refractivity contribution is 5.67. The zero-order valence-electron chi connectivity index (χ0n) is 29.0. The number of hydrogen-bond acceptors (Lipinski definition) is 12. The molecule has 4 aromatic rings. The number of benzene rings is 1. The smallest absolute Gasteiger partial charge is 0.257 e. The summed E-state index contributed by atoms with van der Waals surface area (Å²) in [6.07, 6.45) is 16.1. The normalized spacial score (nSPS) is 23.2. The summed E-state index contributed by atoms with van der Waals surface area (Å²) < 4.78 is 27.4. The number of hydrogen-bond donors (Lipinski definition) is 1. The van der Waals surface area contributed by atoms with E-state index in [9.17, 15) is 5.26 Å². The van der Waals surface area contributed by atoms with Crippen LogP contribution in [0.15, 0.2) is 49.4 Å². The lowest BCUT2D eigenvalue weighted by Gasteiger charge is -2.43. The third-order valence-corrected chi connectivity index (χ3v) is 10.1. The van der Waals surface area contributed by atoms with Crippen molar-refractivity contribution in [2.24, 2.45) is 0 Å². The molecule has 3 aliphatic rings. The molecular weight excluding hydrogens is 636 g/mol. The molecule has 2 saturated heterocycles. The van der Waals surface area contributed by atoms with Gasteiger partial charge >= 0.3 is 0 Å². The quantitative estimate of drug-likeness (QED) is 0.187. The van der Waals surface area contributed by atoms with Crippen molar-refractivity contribution < 1.29 is 18.9 Å². The predicted molar refractivity (Wildman–Crippen MR) is 185 cm³/mol. The highest BCUT2D eigenvalue weighted by Gasteiger charge is 2.42. The van der Waals surface area contributed by atoms with E-state index in [-0.39, 0.29) is 12.2 Å². The summed E-state index contributed by atoms with van der Waals surface area (Å²) in [5.41, 5.74) is 2.80. The maximum atomic E-state index is 9.70. The van der Waals surface area contributed by atoms with Gasteiger partial charge < -0.3 is 24.3 Å². The van der Waals surface area contributed by atoms with Gasteiger partial charge in [0.1, 0.15) is 36.3 Å². The highest BCUT2D eigenvalue weighted by Crippen LogP contribution is 2.39. The van der Waals surface area contributed by atoms with E-state index in [4.69, 9.17) is 24.0 Å². The zero-order chi connectivity index (χ0) is 34.5. The van der Waals surface area contributed by atoms with Crippen LogP contribution in [0.3, 0.4) is 0 Å². The van der Waals surface area contributed by atoms with Gasteiger partial charge in [0.25, 0.3) is 5.88 Å². The van der Waals surface area contributed by atoms with Gasteiger partial charge in [-0.2, -0.15) is 10.4 Å². The number of nitrogens with one attached hydrogen (secondary N) is 1.